The monoisotopic (exact) mass is 478 g/mol. The molecule has 1 aliphatic heterocycles. The molecule has 3 aromatic rings. The number of hydrogen-bond acceptors (Lipinski definition) is 8. The quantitative estimate of drug-likeness (QED) is 0.509. The predicted molar refractivity (Wildman–Crippen MR) is 116 cm³/mol. The number of aliphatic hydroxyl groups is 3. The lowest BCUT2D eigenvalue weighted by Crippen LogP contribution is -2.56. The molecule has 5 atom stereocenters. The number of hydrogen-bond donors (Lipinski definition) is 3. The van der Waals surface area contributed by atoms with E-state index in [1.807, 2.05) is 20.8 Å². The summed E-state index contributed by atoms with van der Waals surface area (Å²) in [6, 6.07) is 3.51. The summed E-state index contributed by atoms with van der Waals surface area (Å²) in [4.78, 5) is 0. The molecule has 3 heterocycles. The first-order valence-corrected chi connectivity index (χ1v) is 11.0. The van der Waals surface area contributed by atoms with Gasteiger partial charge in [-0.25, -0.2) is 13.5 Å². The van der Waals surface area contributed by atoms with Crippen LogP contribution in [0, 0.1) is 18.6 Å². The number of aliphatic hydroxyl groups excluding tert-OH is 3. The highest BCUT2D eigenvalue weighted by atomic mass is 19.2. The molecule has 0 bridgehead atoms. The van der Waals surface area contributed by atoms with Crippen LogP contribution in [0.4, 0.5) is 8.78 Å². The van der Waals surface area contributed by atoms with Crippen molar-refractivity contribution in [3.8, 4) is 11.3 Å². The summed E-state index contributed by atoms with van der Waals surface area (Å²) >= 11 is 0. The summed E-state index contributed by atoms with van der Waals surface area (Å²) in [5.74, 6) is -1.39. The first-order valence-electron chi connectivity index (χ1n) is 11.0. The predicted octanol–water partition coefficient (Wildman–Crippen LogP) is 2.08. The third-order valence-electron chi connectivity index (χ3n) is 6.07. The van der Waals surface area contributed by atoms with E-state index in [1.54, 1.807) is 6.07 Å². The van der Waals surface area contributed by atoms with Crippen molar-refractivity contribution in [1.29, 1.82) is 0 Å². The Morgan fingerprint density at radius 2 is 1.79 bits per heavy atom. The highest BCUT2D eigenvalue weighted by molar-refractivity contribution is 5.59. The van der Waals surface area contributed by atoms with Crippen molar-refractivity contribution in [1.82, 2.24) is 20.2 Å². The van der Waals surface area contributed by atoms with Gasteiger partial charge in [0.15, 0.2) is 11.6 Å². The smallest absolute Gasteiger partial charge is 0.168 e. The van der Waals surface area contributed by atoms with Crippen LogP contribution in [-0.4, -0.2) is 66.5 Å². The van der Waals surface area contributed by atoms with Crippen LogP contribution in [-0.2, 0) is 16.6 Å². The van der Waals surface area contributed by atoms with Crippen molar-refractivity contribution in [2.45, 2.75) is 70.0 Å². The average molecular weight is 478 g/mol. The third-order valence-corrected chi connectivity index (χ3v) is 6.07. The molecule has 0 unspecified atom stereocenters. The lowest BCUT2D eigenvalue weighted by molar-refractivity contribution is -0.205. The van der Waals surface area contributed by atoms with Gasteiger partial charge in [0.25, 0.3) is 0 Å². The van der Waals surface area contributed by atoms with Crippen molar-refractivity contribution in [2.24, 2.45) is 0 Å². The molecule has 1 saturated heterocycles. The van der Waals surface area contributed by atoms with Gasteiger partial charge < -0.3 is 24.6 Å². The van der Waals surface area contributed by atoms with Crippen LogP contribution in [0.15, 0.2) is 28.9 Å². The second-order valence-electron chi connectivity index (χ2n) is 9.65. The summed E-state index contributed by atoms with van der Waals surface area (Å²) in [6.07, 6.45) is -3.03. The van der Waals surface area contributed by atoms with Crippen LogP contribution in [0.5, 0.6) is 0 Å². The Labute approximate surface area is 195 Å². The Balaban J connectivity index is 1.62. The number of nitrogens with zero attached hydrogens (tertiary/aromatic N) is 4. The highest BCUT2D eigenvalue weighted by Crippen LogP contribution is 2.33. The maximum absolute atomic E-state index is 14.4. The van der Waals surface area contributed by atoms with Gasteiger partial charge in [0.05, 0.1) is 24.6 Å². The molecule has 0 spiro atoms. The molecule has 1 fully saturated rings. The number of aromatic nitrogens is 4. The van der Waals surface area contributed by atoms with E-state index in [0.717, 1.165) is 0 Å². The first kappa shape index (κ1) is 24.4. The van der Waals surface area contributed by atoms with Gasteiger partial charge in [-0.15, -0.1) is 5.10 Å². The maximum Gasteiger partial charge on any atom is 0.168 e. The zero-order valence-corrected chi connectivity index (χ0v) is 19.3. The lowest BCUT2D eigenvalue weighted by atomic mass is 9.89. The van der Waals surface area contributed by atoms with Crippen molar-refractivity contribution in [2.75, 3.05) is 6.61 Å². The maximum atomic E-state index is 14.4. The van der Waals surface area contributed by atoms with Gasteiger partial charge in [-0.05, 0) is 18.6 Å². The summed E-state index contributed by atoms with van der Waals surface area (Å²) < 4.78 is 40.8. The molecule has 3 N–H and O–H groups in total. The van der Waals surface area contributed by atoms with Crippen LogP contribution in [0.25, 0.3) is 11.3 Å². The second-order valence-corrected chi connectivity index (χ2v) is 9.65. The van der Waals surface area contributed by atoms with E-state index >= 15 is 0 Å². The van der Waals surface area contributed by atoms with E-state index in [0.29, 0.717) is 11.5 Å². The fraction of sp³-hybridized carbons (Fsp3) is 0.522. The molecular weight excluding hydrogens is 450 g/mol. The van der Waals surface area contributed by atoms with Gasteiger partial charge in [0.2, 0.25) is 0 Å². The second kappa shape index (κ2) is 9.14. The minimum atomic E-state index is -1.34. The topological polar surface area (TPSA) is 127 Å². The molecule has 0 amide bonds. The minimum Gasteiger partial charge on any atom is -0.394 e. The van der Waals surface area contributed by atoms with Crippen LogP contribution in [0.3, 0.4) is 0 Å². The number of rotatable bonds is 5. The third kappa shape index (κ3) is 4.48. The summed E-state index contributed by atoms with van der Waals surface area (Å²) in [6.45, 7) is 6.86. The summed E-state index contributed by atoms with van der Waals surface area (Å²) in [7, 11) is 0. The molecule has 34 heavy (non-hydrogen) atoms. The van der Waals surface area contributed by atoms with E-state index in [1.165, 1.54) is 29.9 Å². The zero-order chi connectivity index (χ0) is 24.8. The number of ether oxygens (including phenoxy) is 1. The van der Waals surface area contributed by atoms with Crippen molar-refractivity contribution in [3.05, 3.63) is 53.0 Å². The molecule has 0 aliphatic carbocycles. The summed E-state index contributed by atoms with van der Waals surface area (Å²) in [5, 5.41) is 43.5. The molecule has 0 saturated carbocycles. The van der Waals surface area contributed by atoms with E-state index in [2.05, 4.69) is 15.5 Å². The van der Waals surface area contributed by atoms with Crippen molar-refractivity contribution >= 4 is 0 Å². The van der Waals surface area contributed by atoms with E-state index < -0.39 is 48.7 Å². The molecule has 4 rings (SSSR count). The Kier molecular flexibility index (Phi) is 6.56. The molecule has 0 radical (unpaired) electrons. The van der Waals surface area contributed by atoms with E-state index in [9.17, 15) is 24.1 Å². The van der Waals surface area contributed by atoms with Crippen molar-refractivity contribution < 1.29 is 33.4 Å². The Morgan fingerprint density at radius 1 is 1.09 bits per heavy atom. The van der Waals surface area contributed by atoms with Crippen LogP contribution >= 0.6 is 0 Å². The SMILES string of the molecule is Cc1ccc(-c2cn([C@H]3[C@@H](O)[C@@H](CO)O[C@H](Cc4cc(C(C)(C)C)on4)[C@@H]3O)nn2)c(F)c1F. The molecule has 2 aromatic heterocycles. The van der Waals surface area contributed by atoms with Gasteiger partial charge >= 0.3 is 0 Å². The molecule has 9 nitrogen and oxygen atoms in total. The van der Waals surface area contributed by atoms with Gasteiger partial charge in [-0.3, -0.25) is 0 Å². The standard InChI is InChI=1S/C23H28F2N4O5/c1-11-5-6-13(19(25)18(11)24)14-9-29(28-26-14)20-21(31)15(33-16(10-30)22(20)32)7-12-8-17(34-27-12)23(2,3)4/h5-6,8-9,15-16,20-22,30-32H,7,10H2,1-4H3/t15-,16-,20-,21+,22+/m1/s1. The fourth-order valence-electron chi connectivity index (χ4n) is 4.02. The van der Waals surface area contributed by atoms with Gasteiger partial charge in [-0.2, -0.15) is 0 Å². The lowest BCUT2D eigenvalue weighted by Gasteiger charge is -2.42. The normalized spacial score (nSPS) is 25.6. The highest BCUT2D eigenvalue weighted by Gasteiger charge is 2.46. The first-order chi connectivity index (χ1) is 16.0. The van der Waals surface area contributed by atoms with Crippen molar-refractivity contribution in [3.63, 3.8) is 0 Å². The fourth-order valence-corrected chi connectivity index (χ4v) is 4.02. The molecule has 184 valence electrons. The Bertz CT molecular complexity index is 1160. The van der Waals surface area contributed by atoms with Crippen LogP contribution < -0.4 is 0 Å². The molecular formula is C23H28F2N4O5. The number of aryl methyl sites for hydroxylation is 1. The minimum absolute atomic E-state index is 0.0331. The van der Waals surface area contributed by atoms with E-state index in [-0.39, 0.29) is 28.7 Å². The Morgan fingerprint density at radius 3 is 2.44 bits per heavy atom. The largest absolute Gasteiger partial charge is 0.394 e. The Hall–Kier alpha value is -2.73. The molecule has 11 heteroatoms. The van der Waals surface area contributed by atoms with Gasteiger partial charge in [-0.1, -0.05) is 37.2 Å². The molecule has 1 aromatic carbocycles. The van der Waals surface area contributed by atoms with Crippen LogP contribution in [0.1, 0.15) is 43.8 Å². The summed E-state index contributed by atoms with van der Waals surface area (Å²) in [5.41, 5.74) is 0.367. The van der Waals surface area contributed by atoms with Crippen LogP contribution in [0.2, 0.25) is 0 Å². The van der Waals surface area contributed by atoms with E-state index in [4.69, 9.17) is 9.26 Å². The number of benzene rings is 1. The number of halogens is 2. The zero-order valence-electron chi connectivity index (χ0n) is 19.3. The van der Waals surface area contributed by atoms with Gasteiger partial charge in [0.1, 0.15) is 35.8 Å². The van der Waals surface area contributed by atoms with Gasteiger partial charge in [0, 0.05) is 23.5 Å². The average Bonchev–Trinajstić information content (AvgIpc) is 3.44. The molecule has 1 aliphatic rings.